The first-order valence-corrected chi connectivity index (χ1v) is 9.34. The summed E-state index contributed by atoms with van der Waals surface area (Å²) in [6.07, 6.45) is 4.90. The third kappa shape index (κ3) is 6.01. The molecule has 2 rings (SSSR count). The summed E-state index contributed by atoms with van der Waals surface area (Å²) in [5.74, 6) is -3.17. The zero-order valence-corrected chi connectivity index (χ0v) is 16.0. The quantitative estimate of drug-likeness (QED) is 0.380. The molecule has 1 saturated heterocycles. The van der Waals surface area contributed by atoms with Gasteiger partial charge in [-0.1, -0.05) is 11.6 Å². The molecule has 0 spiro atoms. The van der Waals surface area contributed by atoms with Gasteiger partial charge < -0.3 is 14.5 Å². The molecule has 1 aromatic rings. The van der Waals surface area contributed by atoms with Crippen LogP contribution >= 0.6 is 11.6 Å². The molecule has 1 amide bonds. The molecule has 0 saturated carbocycles. The molecule has 1 fully saturated rings. The predicted molar refractivity (Wildman–Crippen MR) is 99.8 cm³/mol. The molecule has 27 heavy (non-hydrogen) atoms. The number of anilines is 1. The maximum absolute atomic E-state index is 14.4. The topological polar surface area (TPSA) is 49.9 Å². The number of carbonyl (C=O) groups excluding carboxylic acids is 2. The highest BCUT2D eigenvalue weighted by molar-refractivity contribution is 6.31. The van der Waals surface area contributed by atoms with Gasteiger partial charge in [0.25, 0.3) is 5.91 Å². The number of hydrogen-bond donors (Lipinski definition) is 0. The first-order chi connectivity index (χ1) is 12.9. The fourth-order valence-electron chi connectivity index (χ4n) is 2.95. The van der Waals surface area contributed by atoms with Gasteiger partial charge in [-0.3, -0.25) is 4.79 Å². The number of ether oxygens (including phenoxy) is 1. The van der Waals surface area contributed by atoms with E-state index in [0.29, 0.717) is 6.42 Å². The lowest BCUT2D eigenvalue weighted by molar-refractivity contribution is -0.137. The fourth-order valence-corrected chi connectivity index (χ4v) is 3.11. The SMILES string of the molecule is CCOC(=O)/C=C/C(=O)N(CCCN1CCCC1)c1ccc(F)c(Cl)c1F. The molecule has 0 radical (unpaired) electrons. The highest BCUT2D eigenvalue weighted by atomic mass is 35.5. The predicted octanol–water partition coefficient (Wildman–Crippen LogP) is 3.56. The Morgan fingerprint density at radius 2 is 1.96 bits per heavy atom. The Morgan fingerprint density at radius 1 is 1.26 bits per heavy atom. The van der Waals surface area contributed by atoms with Gasteiger partial charge in [0, 0.05) is 18.7 Å². The van der Waals surface area contributed by atoms with Crippen LogP contribution in [0.5, 0.6) is 0 Å². The van der Waals surface area contributed by atoms with Gasteiger partial charge in [0.2, 0.25) is 0 Å². The molecule has 0 unspecified atom stereocenters. The van der Waals surface area contributed by atoms with Crippen LogP contribution in [0.1, 0.15) is 26.2 Å². The van der Waals surface area contributed by atoms with Gasteiger partial charge in [-0.25, -0.2) is 13.6 Å². The summed E-state index contributed by atoms with van der Waals surface area (Å²) in [6.45, 7) is 4.82. The summed E-state index contributed by atoms with van der Waals surface area (Å²) in [4.78, 5) is 27.4. The van der Waals surface area contributed by atoms with Gasteiger partial charge in [0.05, 0.1) is 12.3 Å². The molecule has 0 bridgehead atoms. The fraction of sp³-hybridized carbons (Fsp3) is 0.474. The minimum atomic E-state index is -1.00. The average Bonchev–Trinajstić information content (AvgIpc) is 3.16. The maximum atomic E-state index is 14.4. The molecule has 1 heterocycles. The second-order valence-corrected chi connectivity index (χ2v) is 6.55. The second-order valence-electron chi connectivity index (χ2n) is 6.17. The van der Waals surface area contributed by atoms with Crippen LogP contribution in [0.2, 0.25) is 5.02 Å². The van der Waals surface area contributed by atoms with E-state index in [2.05, 4.69) is 4.90 Å². The van der Waals surface area contributed by atoms with E-state index in [1.165, 1.54) is 6.07 Å². The van der Waals surface area contributed by atoms with Crippen molar-refractivity contribution in [3.05, 3.63) is 40.9 Å². The Labute approximate surface area is 162 Å². The summed E-state index contributed by atoms with van der Waals surface area (Å²) >= 11 is 5.65. The van der Waals surface area contributed by atoms with Gasteiger partial charge in [-0.2, -0.15) is 0 Å². The number of halogens is 3. The van der Waals surface area contributed by atoms with Gasteiger partial charge in [0.1, 0.15) is 10.8 Å². The van der Waals surface area contributed by atoms with E-state index in [-0.39, 0.29) is 18.8 Å². The minimum absolute atomic E-state index is 0.124. The van der Waals surface area contributed by atoms with Crippen molar-refractivity contribution in [3.8, 4) is 0 Å². The highest BCUT2D eigenvalue weighted by Gasteiger charge is 2.22. The number of likely N-dealkylation sites (tertiary alicyclic amines) is 1. The lowest BCUT2D eigenvalue weighted by Crippen LogP contribution is -2.33. The van der Waals surface area contributed by atoms with Crippen LogP contribution in [0.15, 0.2) is 24.3 Å². The molecule has 1 aromatic carbocycles. The van der Waals surface area contributed by atoms with Crippen molar-refractivity contribution in [1.82, 2.24) is 4.90 Å². The molecule has 5 nitrogen and oxygen atoms in total. The van der Waals surface area contributed by atoms with E-state index in [4.69, 9.17) is 16.3 Å². The number of benzene rings is 1. The number of esters is 1. The van der Waals surface area contributed by atoms with Crippen molar-refractivity contribution >= 4 is 29.2 Å². The lowest BCUT2D eigenvalue weighted by Gasteiger charge is -2.24. The van der Waals surface area contributed by atoms with Crippen LogP contribution in [0.4, 0.5) is 14.5 Å². The average molecular weight is 401 g/mol. The zero-order chi connectivity index (χ0) is 19.8. The highest BCUT2D eigenvalue weighted by Crippen LogP contribution is 2.28. The Bertz CT molecular complexity index is 706. The Hall–Kier alpha value is -1.99. The maximum Gasteiger partial charge on any atom is 0.330 e. The second kappa shape index (κ2) is 10.4. The van der Waals surface area contributed by atoms with Gasteiger partial charge in [0.15, 0.2) is 5.82 Å². The van der Waals surface area contributed by atoms with Crippen molar-refractivity contribution in [1.29, 1.82) is 0 Å². The molecule has 148 valence electrons. The Morgan fingerprint density at radius 3 is 2.63 bits per heavy atom. The third-order valence-corrected chi connectivity index (χ3v) is 4.62. The molecule has 0 aliphatic carbocycles. The summed E-state index contributed by atoms with van der Waals surface area (Å²) in [5.41, 5.74) is -0.124. The molecule has 0 atom stereocenters. The Kier molecular flexibility index (Phi) is 8.19. The molecule has 1 aliphatic heterocycles. The van der Waals surface area contributed by atoms with Gasteiger partial charge in [-0.05, 0) is 58.0 Å². The smallest absolute Gasteiger partial charge is 0.330 e. The Balaban J connectivity index is 2.15. The standard InChI is InChI=1S/C19H23ClF2N2O3/c1-2-27-17(26)9-8-16(25)24(13-5-12-23-10-3-4-11-23)15-7-6-14(21)18(20)19(15)22/h6-9H,2-5,10-13H2,1H3/b9-8+. The summed E-state index contributed by atoms with van der Waals surface area (Å²) in [6, 6.07) is 2.18. The van der Waals surface area contributed by atoms with Crippen LogP contribution in [-0.4, -0.2) is 49.6 Å². The van der Waals surface area contributed by atoms with Crippen LogP contribution < -0.4 is 4.90 Å². The third-order valence-electron chi connectivity index (χ3n) is 4.27. The number of nitrogens with zero attached hydrogens (tertiary/aromatic N) is 2. The van der Waals surface area contributed by atoms with Crippen LogP contribution in [0.25, 0.3) is 0 Å². The number of rotatable bonds is 8. The summed E-state index contributed by atoms with van der Waals surface area (Å²) < 4.78 is 32.6. The van der Waals surface area contributed by atoms with Crippen molar-refractivity contribution in [2.45, 2.75) is 26.2 Å². The number of carbonyl (C=O) groups is 2. The van der Waals surface area contributed by atoms with E-state index < -0.39 is 28.5 Å². The van der Waals surface area contributed by atoms with Crippen LogP contribution in [-0.2, 0) is 14.3 Å². The monoisotopic (exact) mass is 400 g/mol. The van der Waals surface area contributed by atoms with Crippen molar-refractivity contribution in [2.24, 2.45) is 0 Å². The van der Waals surface area contributed by atoms with Crippen LogP contribution in [0, 0.1) is 11.6 Å². The van der Waals surface area contributed by atoms with Crippen molar-refractivity contribution in [3.63, 3.8) is 0 Å². The van der Waals surface area contributed by atoms with E-state index in [9.17, 15) is 18.4 Å². The molecule has 0 aromatic heterocycles. The molecular formula is C19H23ClF2N2O3. The zero-order valence-electron chi connectivity index (χ0n) is 15.2. The molecule has 1 aliphatic rings. The first-order valence-electron chi connectivity index (χ1n) is 8.96. The van der Waals surface area contributed by atoms with Crippen molar-refractivity contribution < 1.29 is 23.1 Å². The van der Waals surface area contributed by atoms with Crippen molar-refractivity contribution in [2.75, 3.05) is 37.7 Å². The van der Waals surface area contributed by atoms with Gasteiger partial charge >= 0.3 is 5.97 Å². The molecule has 8 heteroatoms. The number of hydrogen-bond acceptors (Lipinski definition) is 4. The summed E-state index contributed by atoms with van der Waals surface area (Å²) in [5, 5.41) is -0.667. The minimum Gasteiger partial charge on any atom is -0.463 e. The largest absolute Gasteiger partial charge is 0.463 e. The normalized spacial score (nSPS) is 14.7. The summed E-state index contributed by atoms with van der Waals surface area (Å²) in [7, 11) is 0. The lowest BCUT2D eigenvalue weighted by atomic mass is 10.2. The van der Waals surface area contributed by atoms with Crippen LogP contribution in [0.3, 0.4) is 0 Å². The van der Waals surface area contributed by atoms with E-state index >= 15 is 0 Å². The van der Waals surface area contributed by atoms with E-state index in [1.54, 1.807) is 6.92 Å². The first kappa shape index (κ1) is 21.3. The number of amides is 1. The van der Waals surface area contributed by atoms with E-state index in [1.807, 2.05) is 0 Å². The molecular weight excluding hydrogens is 378 g/mol. The van der Waals surface area contributed by atoms with Gasteiger partial charge in [-0.15, -0.1) is 0 Å². The van der Waals surface area contributed by atoms with E-state index in [0.717, 1.165) is 55.6 Å². The molecule has 0 N–H and O–H groups in total.